The van der Waals surface area contributed by atoms with Crippen molar-refractivity contribution in [1.29, 1.82) is 0 Å². The van der Waals surface area contributed by atoms with E-state index in [4.69, 9.17) is 15.1 Å². The minimum Gasteiger partial charge on any atom is -0.476 e. The van der Waals surface area contributed by atoms with E-state index in [1.807, 2.05) is 7.05 Å². The highest BCUT2D eigenvalue weighted by molar-refractivity contribution is 7.19. The summed E-state index contributed by atoms with van der Waals surface area (Å²) in [5.41, 5.74) is 1.44. The molecule has 2 aromatic rings. The monoisotopic (exact) mass is 320 g/mol. The second-order valence-electron chi connectivity index (χ2n) is 6.07. The van der Waals surface area contributed by atoms with Crippen molar-refractivity contribution in [3.8, 4) is 0 Å². The SMILES string of the molecule is CC(C)N(C)c1nc2sc(C(=O)O)nc2nc1C1CCCC1. The van der Waals surface area contributed by atoms with Gasteiger partial charge >= 0.3 is 5.97 Å². The number of thiazole rings is 1. The Labute approximate surface area is 133 Å². The van der Waals surface area contributed by atoms with Gasteiger partial charge in [-0.2, -0.15) is 0 Å². The molecule has 118 valence electrons. The molecule has 3 rings (SSSR count). The van der Waals surface area contributed by atoms with Gasteiger partial charge in [0.05, 0.1) is 5.69 Å². The van der Waals surface area contributed by atoms with Crippen LogP contribution in [0.25, 0.3) is 10.5 Å². The minimum atomic E-state index is -1.02. The van der Waals surface area contributed by atoms with Gasteiger partial charge in [-0.1, -0.05) is 24.2 Å². The van der Waals surface area contributed by atoms with Crippen LogP contribution in [0, 0.1) is 0 Å². The van der Waals surface area contributed by atoms with Crippen molar-refractivity contribution in [3.63, 3.8) is 0 Å². The molecule has 0 radical (unpaired) electrons. The van der Waals surface area contributed by atoms with Gasteiger partial charge in [0.2, 0.25) is 5.01 Å². The Hall–Kier alpha value is -1.76. The lowest BCUT2D eigenvalue weighted by molar-refractivity contribution is 0.0696. The van der Waals surface area contributed by atoms with E-state index in [1.54, 1.807) is 0 Å². The lowest BCUT2D eigenvalue weighted by Gasteiger charge is -2.26. The summed E-state index contributed by atoms with van der Waals surface area (Å²) < 4.78 is 0. The number of anilines is 1. The number of aromatic carboxylic acids is 1. The highest BCUT2D eigenvalue weighted by Crippen LogP contribution is 2.38. The third-order valence-electron chi connectivity index (χ3n) is 4.29. The fourth-order valence-electron chi connectivity index (χ4n) is 2.84. The predicted molar refractivity (Wildman–Crippen MR) is 86.9 cm³/mol. The summed E-state index contributed by atoms with van der Waals surface area (Å²) in [6, 6.07) is 0.304. The Kier molecular flexibility index (Phi) is 3.99. The largest absolute Gasteiger partial charge is 0.476 e. The number of carboxylic acid groups (broad SMARTS) is 1. The highest BCUT2D eigenvalue weighted by Gasteiger charge is 2.26. The van der Waals surface area contributed by atoms with Crippen molar-refractivity contribution in [2.24, 2.45) is 0 Å². The molecule has 1 aliphatic carbocycles. The van der Waals surface area contributed by atoms with Crippen molar-refractivity contribution >= 4 is 33.6 Å². The Morgan fingerprint density at radius 1 is 1.27 bits per heavy atom. The van der Waals surface area contributed by atoms with Gasteiger partial charge in [0.25, 0.3) is 0 Å². The smallest absolute Gasteiger partial charge is 0.365 e. The van der Waals surface area contributed by atoms with Gasteiger partial charge in [0.1, 0.15) is 0 Å². The Morgan fingerprint density at radius 3 is 2.55 bits per heavy atom. The molecule has 2 aromatic heterocycles. The van der Waals surface area contributed by atoms with E-state index >= 15 is 0 Å². The quantitative estimate of drug-likeness (QED) is 0.931. The number of aromatic nitrogens is 3. The van der Waals surface area contributed by atoms with Gasteiger partial charge in [-0.3, -0.25) is 0 Å². The van der Waals surface area contributed by atoms with Gasteiger partial charge in [-0.25, -0.2) is 19.7 Å². The summed E-state index contributed by atoms with van der Waals surface area (Å²) in [6.07, 6.45) is 4.67. The molecule has 2 heterocycles. The summed E-state index contributed by atoms with van der Waals surface area (Å²) in [7, 11) is 2.01. The summed E-state index contributed by atoms with van der Waals surface area (Å²) >= 11 is 1.09. The third kappa shape index (κ3) is 2.65. The molecular formula is C15H20N4O2S. The van der Waals surface area contributed by atoms with Crippen LogP contribution in [0.1, 0.15) is 60.9 Å². The maximum atomic E-state index is 11.1. The first kappa shape index (κ1) is 15.1. The lowest BCUT2D eigenvalue weighted by atomic mass is 10.0. The van der Waals surface area contributed by atoms with Crippen LogP contribution in [0.2, 0.25) is 0 Å². The zero-order chi connectivity index (χ0) is 15.9. The maximum absolute atomic E-state index is 11.1. The average Bonchev–Trinajstić information content (AvgIpc) is 3.13. The summed E-state index contributed by atoms with van der Waals surface area (Å²) in [5.74, 6) is 0.254. The molecule has 0 bridgehead atoms. The molecule has 6 nitrogen and oxygen atoms in total. The number of fused-ring (bicyclic) bond motifs is 1. The van der Waals surface area contributed by atoms with Crippen molar-refractivity contribution in [2.45, 2.75) is 51.5 Å². The first-order valence-electron chi connectivity index (χ1n) is 7.62. The zero-order valence-corrected chi connectivity index (χ0v) is 13.9. The molecule has 0 amide bonds. The number of hydrogen-bond donors (Lipinski definition) is 1. The molecule has 0 unspecified atom stereocenters. The number of nitrogens with zero attached hydrogens (tertiary/aromatic N) is 4. The summed E-state index contributed by atoms with van der Waals surface area (Å²) in [5, 5.41) is 9.17. The summed E-state index contributed by atoms with van der Waals surface area (Å²) in [4.78, 5) is 27.3. The van der Waals surface area contributed by atoms with Crippen LogP contribution in [0.15, 0.2) is 0 Å². The van der Waals surface area contributed by atoms with Crippen LogP contribution < -0.4 is 4.90 Å². The maximum Gasteiger partial charge on any atom is 0.365 e. The van der Waals surface area contributed by atoms with E-state index in [9.17, 15) is 4.79 Å². The van der Waals surface area contributed by atoms with Crippen molar-refractivity contribution < 1.29 is 9.90 Å². The normalized spacial score (nSPS) is 15.8. The molecule has 1 aliphatic rings. The molecule has 7 heteroatoms. The molecule has 0 aromatic carbocycles. The Morgan fingerprint density at radius 2 is 1.95 bits per heavy atom. The second kappa shape index (κ2) is 5.79. The van der Waals surface area contributed by atoms with Gasteiger partial charge in [-0.05, 0) is 26.7 Å². The van der Waals surface area contributed by atoms with Crippen LogP contribution in [-0.4, -0.2) is 39.1 Å². The van der Waals surface area contributed by atoms with E-state index in [1.165, 1.54) is 12.8 Å². The van der Waals surface area contributed by atoms with E-state index in [2.05, 4.69) is 23.7 Å². The molecule has 1 fully saturated rings. The number of carboxylic acids is 1. The Bertz CT molecular complexity index is 668. The highest BCUT2D eigenvalue weighted by atomic mass is 32.1. The zero-order valence-electron chi connectivity index (χ0n) is 13.0. The van der Waals surface area contributed by atoms with Crippen molar-refractivity contribution in [1.82, 2.24) is 15.0 Å². The molecule has 0 saturated heterocycles. The first-order valence-corrected chi connectivity index (χ1v) is 8.43. The number of rotatable bonds is 4. The van der Waals surface area contributed by atoms with Crippen LogP contribution in [-0.2, 0) is 0 Å². The number of carbonyl (C=O) groups is 1. The fraction of sp³-hybridized carbons (Fsp3) is 0.600. The van der Waals surface area contributed by atoms with Crippen LogP contribution in [0.4, 0.5) is 5.82 Å². The third-order valence-corrected chi connectivity index (χ3v) is 5.21. The van der Waals surface area contributed by atoms with E-state index in [-0.39, 0.29) is 5.01 Å². The van der Waals surface area contributed by atoms with Gasteiger partial charge in [0, 0.05) is 19.0 Å². The molecule has 0 aliphatic heterocycles. The van der Waals surface area contributed by atoms with Crippen molar-refractivity contribution in [3.05, 3.63) is 10.7 Å². The fourth-order valence-corrected chi connectivity index (χ4v) is 3.55. The second-order valence-corrected chi connectivity index (χ2v) is 7.05. The molecule has 1 saturated carbocycles. The minimum absolute atomic E-state index is 0.0525. The topological polar surface area (TPSA) is 79.2 Å². The standard InChI is InChI=1S/C15H20N4O2S/c1-8(2)19(3)12-10(9-6-4-5-7-9)16-11-13(18-12)22-14(17-11)15(20)21/h8-9H,4-7H2,1-3H3,(H,20,21). The van der Waals surface area contributed by atoms with Crippen molar-refractivity contribution in [2.75, 3.05) is 11.9 Å². The molecule has 0 spiro atoms. The summed E-state index contributed by atoms with van der Waals surface area (Å²) in [6.45, 7) is 4.22. The van der Waals surface area contributed by atoms with Crippen LogP contribution in [0.3, 0.4) is 0 Å². The lowest BCUT2D eigenvalue weighted by Crippen LogP contribution is -2.28. The number of hydrogen-bond acceptors (Lipinski definition) is 6. The predicted octanol–water partition coefficient (Wildman–Crippen LogP) is 3.29. The van der Waals surface area contributed by atoms with Gasteiger partial charge < -0.3 is 10.0 Å². The van der Waals surface area contributed by atoms with E-state index in [0.29, 0.717) is 22.4 Å². The Balaban J connectivity index is 2.15. The first-order chi connectivity index (χ1) is 10.5. The molecule has 1 N–H and O–H groups in total. The molecule has 22 heavy (non-hydrogen) atoms. The molecular weight excluding hydrogens is 300 g/mol. The molecule has 0 atom stereocenters. The van der Waals surface area contributed by atoms with Crippen LogP contribution >= 0.6 is 11.3 Å². The average molecular weight is 320 g/mol. The van der Waals surface area contributed by atoms with Crippen LogP contribution in [0.5, 0.6) is 0 Å². The van der Waals surface area contributed by atoms with E-state index in [0.717, 1.165) is 35.7 Å². The van der Waals surface area contributed by atoms with Gasteiger partial charge in [0.15, 0.2) is 16.3 Å². The van der Waals surface area contributed by atoms with Gasteiger partial charge in [-0.15, -0.1) is 0 Å². The van der Waals surface area contributed by atoms with E-state index < -0.39 is 5.97 Å².